The minimum absolute atomic E-state index is 0.122. The zero-order valence-electron chi connectivity index (χ0n) is 39.9. The average molecular weight is 911 g/mol. The van der Waals surface area contributed by atoms with Crippen LogP contribution in [0.1, 0.15) is 95.4 Å². The van der Waals surface area contributed by atoms with Gasteiger partial charge in [-0.2, -0.15) is 0 Å². The zero-order valence-corrected chi connectivity index (χ0v) is 39.9. The van der Waals surface area contributed by atoms with Gasteiger partial charge in [-0.1, -0.05) is 113 Å². The number of imide groups is 1. The van der Waals surface area contributed by atoms with E-state index in [2.05, 4.69) is 24.8 Å². The number of ether oxygens (including phenoxy) is 3. The van der Waals surface area contributed by atoms with Gasteiger partial charge in [-0.15, -0.1) is 0 Å². The Hall–Kier alpha value is -7.42. The van der Waals surface area contributed by atoms with E-state index in [4.69, 9.17) is 5.73 Å². The molecule has 4 aliphatic heterocycles. The van der Waals surface area contributed by atoms with E-state index in [1.165, 1.54) is 4.90 Å². The predicted molar refractivity (Wildman–Crippen MR) is 258 cm³/mol. The summed E-state index contributed by atoms with van der Waals surface area (Å²) >= 11 is 0. The second kappa shape index (κ2) is 33.1. The molecule has 0 aromatic heterocycles. The number of carbonyl (C=O) groups is 8. The Labute approximate surface area is 389 Å². The highest BCUT2D eigenvalue weighted by molar-refractivity contribution is 6.20. The molecule has 0 bridgehead atoms. The van der Waals surface area contributed by atoms with Gasteiger partial charge in [-0.3, -0.25) is 33.7 Å². The van der Waals surface area contributed by atoms with E-state index in [1.807, 2.05) is 152 Å². The van der Waals surface area contributed by atoms with Crippen LogP contribution in [-0.4, -0.2) is 47.6 Å². The van der Waals surface area contributed by atoms with Crippen molar-refractivity contribution in [2.24, 2.45) is 17.8 Å². The molecule has 3 atom stereocenters. The predicted octanol–water partition coefficient (Wildman–Crippen LogP) is 10.3. The second-order valence-corrected chi connectivity index (χ2v) is 13.2. The molecular formula is C51H66N4O11. The summed E-state index contributed by atoms with van der Waals surface area (Å²) in [5.41, 5.74) is 11.0. The van der Waals surface area contributed by atoms with E-state index < -0.39 is 35.8 Å². The molecule has 3 saturated heterocycles. The number of esters is 6. The molecule has 3 fully saturated rings. The molecule has 0 saturated carbocycles. The molecule has 3 unspecified atom stereocenters. The fourth-order valence-corrected chi connectivity index (χ4v) is 5.17. The Balaban J connectivity index is 0.000000817. The maximum atomic E-state index is 12.0. The topological polar surface area (TPSA) is 218 Å². The standard InChI is InChI=1S/C17H16N2O2.C12H12N2.2C5H6O3.C4H2O3.4C2H6/c1-12-11-16(20)19(17(12)21)15-9-7-14(8-10-15)18-13-5-3-2-4-6-13;13-10-6-8-12(9-7-10)14-11-4-2-1-3-5-11;2*1-3-2-4(6)8-5(3)7;5-3-1-2-4(6)7-3;4*1-2/h2-10,12,18H,11H2,1H3;1-9,14H,13H2;2*3H,2H2,1H3;1-2H;4*1-2H3. The van der Waals surface area contributed by atoms with Crippen molar-refractivity contribution in [3.8, 4) is 0 Å². The summed E-state index contributed by atoms with van der Waals surface area (Å²) in [7, 11) is 0. The first-order valence-electron chi connectivity index (χ1n) is 22.1. The van der Waals surface area contributed by atoms with Crippen molar-refractivity contribution in [2.45, 2.75) is 95.4 Å². The number of carbonyl (C=O) groups excluding carboxylic acids is 8. The third-order valence-corrected chi connectivity index (χ3v) is 8.27. The lowest BCUT2D eigenvalue weighted by atomic mass is 10.1. The summed E-state index contributed by atoms with van der Waals surface area (Å²) in [5, 5.41) is 6.54. The molecular weight excluding hydrogens is 845 g/mol. The van der Waals surface area contributed by atoms with Crippen LogP contribution < -0.4 is 21.3 Å². The molecule has 4 heterocycles. The highest BCUT2D eigenvalue weighted by Gasteiger charge is 2.36. The van der Waals surface area contributed by atoms with Crippen molar-refractivity contribution in [3.63, 3.8) is 0 Å². The van der Waals surface area contributed by atoms with Crippen molar-refractivity contribution in [1.82, 2.24) is 0 Å². The summed E-state index contributed by atoms with van der Waals surface area (Å²) in [5.74, 6) is -3.66. The summed E-state index contributed by atoms with van der Waals surface area (Å²) in [6.45, 7) is 21.1. The number of nitrogens with zero attached hydrogens (tertiary/aromatic N) is 1. The molecule has 15 nitrogen and oxygen atoms in total. The van der Waals surface area contributed by atoms with Crippen molar-refractivity contribution >= 4 is 81.8 Å². The van der Waals surface area contributed by atoms with Gasteiger partial charge in [0.05, 0.1) is 30.4 Å². The Bertz CT molecular complexity index is 2090. The van der Waals surface area contributed by atoms with Crippen LogP contribution in [0, 0.1) is 17.8 Å². The summed E-state index contributed by atoms with van der Waals surface area (Å²) in [4.78, 5) is 86.1. The number of cyclic esters (lactones) is 6. The molecule has 2 amide bonds. The Kier molecular flexibility index (Phi) is 29.4. The average Bonchev–Trinajstić information content (AvgIpc) is 4.04. The summed E-state index contributed by atoms with van der Waals surface area (Å²) in [6.07, 6.45) is 2.96. The van der Waals surface area contributed by atoms with Crippen LogP contribution in [0.5, 0.6) is 0 Å². The number of nitrogens with one attached hydrogen (secondary N) is 2. The smallest absolute Gasteiger partial charge is 0.338 e. The minimum atomic E-state index is -0.579. The van der Waals surface area contributed by atoms with Gasteiger partial charge in [-0.05, 0) is 72.8 Å². The van der Waals surface area contributed by atoms with Crippen LogP contribution >= 0.6 is 0 Å². The SMILES string of the molecule is CC.CC.CC.CC.CC1CC(=O)N(c2ccc(Nc3ccccc3)cc2)C1=O.CC1CC(=O)OC1=O.CC1CC(=O)OC1=O.Nc1ccc(Nc2ccccc2)cc1.O=C1C=CC(=O)O1. The molecule has 8 rings (SSSR count). The summed E-state index contributed by atoms with van der Waals surface area (Å²) in [6, 6.07) is 34.9. The van der Waals surface area contributed by atoms with Crippen molar-refractivity contribution in [2.75, 3.05) is 21.3 Å². The molecule has 356 valence electrons. The largest absolute Gasteiger partial charge is 0.399 e. The lowest BCUT2D eigenvalue weighted by Gasteiger charge is -2.15. The first-order chi connectivity index (χ1) is 31.7. The number of anilines is 6. The van der Waals surface area contributed by atoms with Crippen LogP contribution in [0.3, 0.4) is 0 Å². The van der Waals surface area contributed by atoms with Crippen LogP contribution in [-0.2, 0) is 52.6 Å². The Morgan fingerprint density at radius 1 is 0.455 bits per heavy atom. The van der Waals surface area contributed by atoms with Gasteiger partial charge in [0.15, 0.2) is 0 Å². The van der Waals surface area contributed by atoms with E-state index in [0.717, 1.165) is 40.6 Å². The quantitative estimate of drug-likeness (QED) is 0.0558. The first-order valence-corrected chi connectivity index (χ1v) is 22.1. The van der Waals surface area contributed by atoms with Gasteiger partial charge >= 0.3 is 35.8 Å². The Morgan fingerprint density at radius 2 is 0.803 bits per heavy atom. The van der Waals surface area contributed by atoms with Gasteiger partial charge in [0.2, 0.25) is 11.8 Å². The van der Waals surface area contributed by atoms with Crippen molar-refractivity contribution in [3.05, 3.63) is 121 Å². The van der Waals surface area contributed by atoms with Gasteiger partial charge in [0.1, 0.15) is 0 Å². The van der Waals surface area contributed by atoms with Crippen LogP contribution in [0.2, 0.25) is 0 Å². The fraction of sp³-hybridized carbons (Fsp3) is 0.333. The number of nitrogens with two attached hydrogens (primary N) is 1. The molecule has 66 heavy (non-hydrogen) atoms. The third kappa shape index (κ3) is 21.8. The normalized spacial score (nSPS) is 17.0. The molecule has 15 heteroatoms. The van der Waals surface area contributed by atoms with Crippen molar-refractivity contribution < 1.29 is 52.6 Å². The van der Waals surface area contributed by atoms with Crippen LogP contribution in [0.4, 0.5) is 34.1 Å². The highest BCUT2D eigenvalue weighted by Crippen LogP contribution is 2.28. The fourth-order valence-electron chi connectivity index (χ4n) is 5.17. The van der Waals surface area contributed by atoms with Gasteiger partial charge in [0, 0.05) is 52.9 Å². The highest BCUT2D eigenvalue weighted by atomic mass is 16.6. The maximum absolute atomic E-state index is 12.0. The van der Waals surface area contributed by atoms with Gasteiger partial charge in [0.25, 0.3) is 0 Å². The Morgan fingerprint density at radius 3 is 1.06 bits per heavy atom. The van der Waals surface area contributed by atoms with E-state index in [9.17, 15) is 38.4 Å². The number of benzene rings is 4. The van der Waals surface area contributed by atoms with Crippen LogP contribution in [0.25, 0.3) is 0 Å². The number of para-hydroxylation sites is 2. The second-order valence-electron chi connectivity index (χ2n) is 13.2. The van der Waals surface area contributed by atoms with Crippen molar-refractivity contribution in [1.29, 1.82) is 0 Å². The number of hydrogen-bond acceptors (Lipinski definition) is 14. The van der Waals surface area contributed by atoms with Gasteiger partial charge < -0.3 is 30.6 Å². The molecule has 4 N–H and O–H groups in total. The first kappa shape index (κ1) is 58.6. The number of hydrogen-bond donors (Lipinski definition) is 3. The lowest BCUT2D eigenvalue weighted by Crippen LogP contribution is -2.29. The number of amides is 2. The molecule has 0 aliphatic carbocycles. The molecule has 4 aromatic carbocycles. The van der Waals surface area contributed by atoms with E-state index in [0.29, 0.717) is 12.1 Å². The van der Waals surface area contributed by atoms with Gasteiger partial charge in [-0.25, -0.2) is 9.59 Å². The summed E-state index contributed by atoms with van der Waals surface area (Å²) < 4.78 is 12.4. The van der Waals surface area contributed by atoms with E-state index in [1.54, 1.807) is 32.9 Å². The minimum Gasteiger partial charge on any atom is -0.399 e. The van der Waals surface area contributed by atoms with E-state index in [-0.39, 0.29) is 42.4 Å². The third-order valence-electron chi connectivity index (χ3n) is 8.27. The maximum Gasteiger partial charge on any atom is 0.338 e. The molecule has 0 spiro atoms. The van der Waals surface area contributed by atoms with E-state index >= 15 is 0 Å². The monoisotopic (exact) mass is 910 g/mol. The molecule has 4 aliphatic rings. The van der Waals surface area contributed by atoms with Crippen LogP contribution in [0.15, 0.2) is 121 Å². The number of rotatable bonds is 5. The zero-order chi connectivity index (χ0) is 50.2. The molecule has 4 aromatic rings. The molecule has 0 radical (unpaired) electrons. The number of nitrogen functional groups attached to an aromatic ring is 1. The lowest BCUT2D eigenvalue weighted by molar-refractivity contribution is -0.154.